The van der Waals surface area contributed by atoms with Gasteiger partial charge in [-0.05, 0) is 12.5 Å². The van der Waals surface area contributed by atoms with Crippen LogP contribution in [-0.2, 0) is 4.74 Å². The van der Waals surface area contributed by atoms with E-state index in [-0.39, 0.29) is 5.91 Å². The van der Waals surface area contributed by atoms with Crippen molar-refractivity contribution in [2.45, 2.75) is 6.42 Å². The molecule has 0 spiro atoms. The highest BCUT2D eigenvalue weighted by molar-refractivity contribution is 7.18. The summed E-state index contributed by atoms with van der Waals surface area (Å²) >= 11 is 7.56. The van der Waals surface area contributed by atoms with Crippen molar-refractivity contribution in [1.29, 1.82) is 0 Å². The number of carbonyl (C=O) groups is 1. The van der Waals surface area contributed by atoms with E-state index in [1.165, 1.54) is 11.3 Å². The van der Waals surface area contributed by atoms with E-state index in [4.69, 9.17) is 16.3 Å². The molecule has 1 N–H and O–H groups in total. The maximum Gasteiger partial charge on any atom is 0.280 e. The van der Waals surface area contributed by atoms with Gasteiger partial charge < -0.3 is 10.1 Å². The number of ether oxygens (including phenoxy) is 1. The Kier molecular flexibility index (Phi) is 5.16. The summed E-state index contributed by atoms with van der Waals surface area (Å²) < 4.78 is 7.55. The number of aromatic nitrogens is 3. The van der Waals surface area contributed by atoms with Gasteiger partial charge in [0.2, 0.25) is 0 Å². The summed E-state index contributed by atoms with van der Waals surface area (Å²) in [6.07, 6.45) is 10.6. The molecule has 2 aliphatic rings. The van der Waals surface area contributed by atoms with Crippen LogP contribution in [0.5, 0.6) is 0 Å². The minimum atomic E-state index is -0.211. The Bertz CT molecular complexity index is 867. The van der Waals surface area contributed by atoms with E-state index < -0.39 is 0 Å². The zero-order valence-electron chi connectivity index (χ0n) is 14.0. The van der Waals surface area contributed by atoms with Crippen LogP contribution in [-0.4, -0.2) is 58.5 Å². The number of allylic oxidation sites excluding steroid dienone is 2. The second kappa shape index (κ2) is 7.71. The molecule has 4 heterocycles. The van der Waals surface area contributed by atoms with Gasteiger partial charge >= 0.3 is 0 Å². The van der Waals surface area contributed by atoms with Crippen molar-refractivity contribution < 1.29 is 9.53 Å². The molecule has 0 bridgehead atoms. The molecule has 7 nitrogen and oxygen atoms in total. The predicted octanol–water partition coefficient (Wildman–Crippen LogP) is 2.57. The van der Waals surface area contributed by atoms with Crippen LogP contribution >= 0.6 is 22.9 Å². The number of thiazole rings is 1. The van der Waals surface area contributed by atoms with Crippen LogP contribution in [0.25, 0.3) is 23.5 Å². The summed E-state index contributed by atoms with van der Waals surface area (Å²) in [7, 11) is 0. The number of nitrogens with zero attached hydrogens (tertiary/aromatic N) is 4. The van der Waals surface area contributed by atoms with Gasteiger partial charge in [-0.3, -0.25) is 9.69 Å². The van der Waals surface area contributed by atoms with Crippen molar-refractivity contribution in [3.63, 3.8) is 0 Å². The van der Waals surface area contributed by atoms with Gasteiger partial charge in [0.05, 0.1) is 25.2 Å². The summed E-state index contributed by atoms with van der Waals surface area (Å²) in [6.45, 7) is 3.58. The van der Waals surface area contributed by atoms with Crippen molar-refractivity contribution in [1.82, 2.24) is 25.0 Å². The lowest BCUT2D eigenvalue weighted by Crippen LogP contribution is -2.33. The molecule has 136 valence electrons. The van der Waals surface area contributed by atoms with Gasteiger partial charge in [0.25, 0.3) is 5.91 Å². The second-order valence-corrected chi connectivity index (χ2v) is 7.56. The van der Waals surface area contributed by atoms with Crippen molar-refractivity contribution in [3.05, 3.63) is 33.4 Å². The number of carbonyl (C=O) groups excluding carboxylic acids is 1. The number of amides is 1. The van der Waals surface area contributed by atoms with Gasteiger partial charge in [-0.15, -0.1) is 0 Å². The Morgan fingerprint density at radius 1 is 1.42 bits per heavy atom. The van der Waals surface area contributed by atoms with Crippen LogP contribution in [0.2, 0.25) is 4.34 Å². The Balaban J connectivity index is 1.48. The summed E-state index contributed by atoms with van der Waals surface area (Å²) in [5, 5.41) is 7.60. The van der Waals surface area contributed by atoms with Crippen molar-refractivity contribution >= 4 is 41.1 Å². The fourth-order valence-corrected chi connectivity index (χ4v) is 3.94. The van der Waals surface area contributed by atoms with E-state index in [1.807, 2.05) is 18.4 Å². The van der Waals surface area contributed by atoms with Gasteiger partial charge in [-0.25, -0.2) is 9.67 Å². The monoisotopic (exact) mass is 391 g/mol. The molecule has 26 heavy (non-hydrogen) atoms. The molecule has 0 atom stereocenters. The van der Waals surface area contributed by atoms with Crippen molar-refractivity contribution in [2.75, 3.05) is 33.0 Å². The first-order chi connectivity index (χ1) is 12.7. The number of hydrogen-bond acceptors (Lipinski definition) is 6. The molecule has 0 aromatic carbocycles. The molecule has 9 heteroatoms. The summed E-state index contributed by atoms with van der Waals surface area (Å²) in [5.74, 6) is -0.211. The number of hydrogen-bond donors (Lipinski definition) is 1. The smallest absolute Gasteiger partial charge is 0.280 e. The minimum Gasteiger partial charge on any atom is -0.365 e. The van der Waals surface area contributed by atoms with Crippen LogP contribution in [0.4, 0.5) is 0 Å². The summed E-state index contributed by atoms with van der Waals surface area (Å²) in [5.41, 5.74) is 2.32. The molecule has 1 saturated heterocycles. The normalized spacial score (nSPS) is 16.7. The molecular formula is C17H18ClN5O2S. The number of halogens is 1. The van der Waals surface area contributed by atoms with Gasteiger partial charge in [-0.2, -0.15) is 5.10 Å². The molecule has 0 aliphatic carbocycles. The van der Waals surface area contributed by atoms with Gasteiger partial charge in [0.1, 0.15) is 10.0 Å². The fraction of sp³-hybridized carbons (Fsp3) is 0.353. The van der Waals surface area contributed by atoms with Gasteiger partial charge in [0, 0.05) is 31.4 Å². The molecule has 2 aromatic heterocycles. The van der Waals surface area contributed by atoms with Crippen LogP contribution in [0.3, 0.4) is 0 Å². The minimum absolute atomic E-state index is 0.211. The molecule has 0 unspecified atom stereocenters. The SMILES string of the molecule is O=C(NCCN1CCOC1)c1nc(-c2cnn3c2C=CCC=C3)c(Cl)s1. The van der Waals surface area contributed by atoms with Crippen LogP contribution in [0, 0.1) is 0 Å². The molecule has 0 radical (unpaired) electrons. The van der Waals surface area contributed by atoms with Crippen molar-refractivity contribution in [2.24, 2.45) is 0 Å². The van der Waals surface area contributed by atoms with E-state index in [0.717, 1.165) is 37.4 Å². The zero-order chi connectivity index (χ0) is 17.9. The number of rotatable bonds is 5. The van der Waals surface area contributed by atoms with E-state index in [0.29, 0.717) is 28.3 Å². The lowest BCUT2D eigenvalue weighted by Gasteiger charge is -2.12. The molecular weight excluding hydrogens is 374 g/mol. The van der Waals surface area contributed by atoms with Crippen LogP contribution < -0.4 is 5.32 Å². The maximum atomic E-state index is 12.4. The molecule has 0 saturated carbocycles. The average Bonchev–Trinajstić information content (AvgIpc) is 3.33. The lowest BCUT2D eigenvalue weighted by atomic mass is 10.2. The topological polar surface area (TPSA) is 72.3 Å². The van der Waals surface area contributed by atoms with Crippen LogP contribution in [0.15, 0.2) is 18.3 Å². The van der Waals surface area contributed by atoms with Crippen molar-refractivity contribution in [3.8, 4) is 11.3 Å². The molecule has 1 fully saturated rings. The Morgan fingerprint density at radius 2 is 2.35 bits per heavy atom. The summed E-state index contributed by atoms with van der Waals surface area (Å²) in [4.78, 5) is 19.0. The number of nitrogens with one attached hydrogen (secondary N) is 1. The summed E-state index contributed by atoms with van der Waals surface area (Å²) in [6, 6.07) is 0. The van der Waals surface area contributed by atoms with E-state index in [1.54, 1.807) is 10.9 Å². The molecule has 2 aromatic rings. The Morgan fingerprint density at radius 3 is 3.19 bits per heavy atom. The highest BCUT2D eigenvalue weighted by Crippen LogP contribution is 2.35. The van der Waals surface area contributed by atoms with E-state index >= 15 is 0 Å². The second-order valence-electron chi connectivity index (χ2n) is 5.96. The third kappa shape index (κ3) is 3.59. The predicted molar refractivity (Wildman–Crippen MR) is 102 cm³/mol. The third-order valence-electron chi connectivity index (χ3n) is 4.20. The number of fused-ring (bicyclic) bond motifs is 1. The fourth-order valence-electron chi connectivity index (χ4n) is 2.85. The van der Waals surface area contributed by atoms with Gasteiger partial charge in [-0.1, -0.05) is 35.1 Å². The van der Waals surface area contributed by atoms with E-state index in [9.17, 15) is 4.79 Å². The molecule has 4 rings (SSSR count). The Hall–Kier alpha value is -2.00. The third-order valence-corrected chi connectivity index (χ3v) is 5.46. The van der Waals surface area contributed by atoms with E-state index in [2.05, 4.69) is 26.4 Å². The first-order valence-electron chi connectivity index (χ1n) is 8.38. The van der Waals surface area contributed by atoms with Gasteiger partial charge in [0.15, 0.2) is 5.01 Å². The standard InChI is InChI=1S/C17H18ClN5O2S/c18-15-14(12-10-20-23-6-3-1-2-4-13(12)23)21-17(26-15)16(24)19-5-7-22-8-9-25-11-22/h2-4,6,10H,1,5,7-9,11H2,(H,19,24). The largest absolute Gasteiger partial charge is 0.365 e. The maximum absolute atomic E-state index is 12.4. The first kappa shape index (κ1) is 17.4. The first-order valence-corrected chi connectivity index (χ1v) is 9.57. The average molecular weight is 392 g/mol. The molecule has 1 amide bonds. The highest BCUT2D eigenvalue weighted by atomic mass is 35.5. The lowest BCUT2D eigenvalue weighted by molar-refractivity contribution is 0.0942. The highest BCUT2D eigenvalue weighted by Gasteiger charge is 2.21. The van der Waals surface area contributed by atoms with Crippen LogP contribution in [0.1, 0.15) is 21.9 Å². The zero-order valence-corrected chi connectivity index (χ0v) is 15.6. The molecule has 2 aliphatic heterocycles. The Labute approximate surface area is 159 Å². The quantitative estimate of drug-likeness (QED) is 0.848.